The zero-order valence-corrected chi connectivity index (χ0v) is 22.3. The molecule has 1 aliphatic carbocycles. The summed E-state index contributed by atoms with van der Waals surface area (Å²) in [7, 11) is 0. The molecule has 2 aliphatic heterocycles. The van der Waals surface area contributed by atoms with Crippen molar-refractivity contribution in [3.63, 3.8) is 0 Å². The Hall–Kier alpha value is -2.48. The molecule has 9 heteroatoms. The summed E-state index contributed by atoms with van der Waals surface area (Å²) in [6, 6.07) is 12.0. The van der Waals surface area contributed by atoms with Gasteiger partial charge in [-0.1, -0.05) is 29.3 Å². The van der Waals surface area contributed by atoms with Crippen LogP contribution in [0.2, 0.25) is 10.0 Å². The quantitative estimate of drug-likeness (QED) is 0.427. The van der Waals surface area contributed by atoms with E-state index in [-0.39, 0.29) is 24.0 Å². The van der Waals surface area contributed by atoms with Crippen LogP contribution in [0.4, 0.5) is 5.95 Å². The third kappa shape index (κ3) is 5.27. The first-order chi connectivity index (χ1) is 18.0. The predicted octanol–water partition coefficient (Wildman–Crippen LogP) is 5.78. The lowest BCUT2D eigenvalue weighted by Gasteiger charge is -2.33. The van der Waals surface area contributed by atoms with Crippen molar-refractivity contribution in [1.82, 2.24) is 14.9 Å². The smallest absolute Gasteiger partial charge is 0.223 e. The second kappa shape index (κ2) is 10.7. The van der Waals surface area contributed by atoms with Crippen molar-refractivity contribution in [2.45, 2.75) is 57.1 Å². The van der Waals surface area contributed by atoms with Crippen LogP contribution in [0.3, 0.4) is 0 Å². The lowest BCUT2D eigenvalue weighted by atomic mass is 9.95. The van der Waals surface area contributed by atoms with Gasteiger partial charge in [0.15, 0.2) is 0 Å². The molecule has 1 aromatic heterocycles. The van der Waals surface area contributed by atoms with Crippen LogP contribution in [0.1, 0.15) is 44.9 Å². The molecule has 6 rings (SSSR count). The number of amides is 1. The summed E-state index contributed by atoms with van der Waals surface area (Å²) in [5, 5.41) is 4.14. The Labute approximate surface area is 227 Å². The van der Waals surface area contributed by atoms with Gasteiger partial charge in [-0.25, -0.2) is 4.98 Å². The van der Waals surface area contributed by atoms with Crippen molar-refractivity contribution in [1.29, 1.82) is 0 Å². The Bertz CT molecular complexity index is 1280. The normalized spacial score (nSPS) is 21.1. The zero-order chi connectivity index (χ0) is 25.4. The molecule has 37 heavy (non-hydrogen) atoms. The number of nitrogens with one attached hydrogen (secondary N) is 1. The first-order valence-corrected chi connectivity index (χ1v) is 14.1. The van der Waals surface area contributed by atoms with Crippen molar-refractivity contribution in [3.8, 4) is 11.4 Å². The molecule has 0 bridgehead atoms. The summed E-state index contributed by atoms with van der Waals surface area (Å²) >= 11 is 12.8. The number of carbonyl (C=O) groups excluding carboxylic acids is 1. The van der Waals surface area contributed by atoms with E-state index in [0.717, 1.165) is 80.2 Å². The number of imidazole rings is 1. The topological polar surface area (TPSA) is 68.6 Å². The molecule has 2 saturated heterocycles. The molecule has 0 radical (unpaired) electrons. The number of ether oxygens (including phenoxy) is 2. The van der Waals surface area contributed by atoms with Gasteiger partial charge in [0.05, 0.1) is 45.5 Å². The van der Waals surface area contributed by atoms with E-state index in [9.17, 15) is 4.79 Å². The highest BCUT2D eigenvalue weighted by atomic mass is 35.5. The number of rotatable bonds is 6. The third-order valence-electron chi connectivity index (χ3n) is 7.78. The molecule has 2 aromatic carbocycles. The minimum absolute atomic E-state index is 0.00158. The Balaban J connectivity index is 1.28. The molecular formula is C28H32Cl2N4O3. The van der Waals surface area contributed by atoms with Crippen LogP contribution in [0.25, 0.3) is 16.7 Å². The lowest BCUT2D eigenvalue weighted by molar-refractivity contribution is -0.126. The Morgan fingerprint density at radius 2 is 1.81 bits per heavy atom. The van der Waals surface area contributed by atoms with E-state index in [4.69, 9.17) is 37.7 Å². The highest BCUT2D eigenvalue weighted by Crippen LogP contribution is 2.35. The molecule has 1 amide bonds. The highest BCUT2D eigenvalue weighted by Gasteiger charge is 2.30. The van der Waals surface area contributed by atoms with Crippen molar-refractivity contribution in [3.05, 3.63) is 46.4 Å². The summed E-state index contributed by atoms with van der Waals surface area (Å²) in [5.74, 6) is 1.83. The van der Waals surface area contributed by atoms with Gasteiger partial charge >= 0.3 is 0 Å². The van der Waals surface area contributed by atoms with E-state index >= 15 is 0 Å². The summed E-state index contributed by atoms with van der Waals surface area (Å²) in [5.41, 5.74) is 2.64. The average Bonchev–Trinajstić information content (AvgIpc) is 3.67. The second-order valence-corrected chi connectivity index (χ2v) is 11.2. The third-order valence-corrected chi connectivity index (χ3v) is 8.51. The van der Waals surface area contributed by atoms with Gasteiger partial charge in [-0.3, -0.25) is 9.36 Å². The van der Waals surface area contributed by atoms with Gasteiger partial charge in [0.2, 0.25) is 11.9 Å². The molecule has 3 aromatic rings. The Morgan fingerprint density at radius 3 is 2.57 bits per heavy atom. The molecule has 196 valence electrons. The number of hydrogen-bond acceptors (Lipinski definition) is 5. The van der Waals surface area contributed by atoms with Crippen molar-refractivity contribution in [2.75, 3.05) is 31.2 Å². The number of aromatic nitrogens is 2. The maximum absolute atomic E-state index is 12.8. The number of halogens is 2. The van der Waals surface area contributed by atoms with Gasteiger partial charge in [0, 0.05) is 31.7 Å². The molecule has 1 atom stereocenters. The second-order valence-electron chi connectivity index (χ2n) is 10.4. The summed E-state index contributed by atoms with van der Waals surface area (Å²) in [4.78, 5) is 20.1. The molecule has 7 nitrogen and oxygen atoms in total. The maximum atomic E-state index is 12.8. The van der Waals surface area contributed by atoms with Gasteiger partial charge in [-0.05, 0) is 69.2 Å². The van der Waals surface area contributed by atoms with Crippen LogP contribution in [-0.4, -0.2) is 53.9 Å². The van der Waals surface area contributed by atoms with E-state index in [1.165, 1.54) is 12.8 Å². The largest absolute Gasteiger partial charge is 0.490 e. The number of hydrogen-bond donors (Lipinski definition) is 1. The van der Waals surface area contributed by atoms with E-state index in [2.05, 4.69) is 26.9 Å². The molecule has 3 aliphatic rings. The fraction of sp³-hybridized carbons (Fsp3) is 0.500. The van der Waals surface area contributed by atoms with Gasteiger partial charge in [-0.2, -0.15) is 0 Å². The van der Waals surface area contributed by atoms with Crippen molar-refractivity contribution in [2.24, 2.45) is 5.92 Å². The van der Waals surface area contributed by atoms with Gasteiger partial charge < -0.3 is 19.7 Å². The summed E-state index contributed by atoms with van der Waals surface area (Å²) in [6.45, 7) is 2.81. The number of anilines is 1. The molecule has 0 spiro atoms. The Kier molecular flexibility index (Phi) is 7.19. The number of nitrogens with zero attached hydrogens (tertiary/aromatic N) is 3. The van der Waals surface area contributed by atoms with E-state index in [1.807, 2.05) is 24.3 Å². The molecule has 1 saturated carbocycles. The van der Waals surface area contributed by atoms with Crippen LogP contribution in [0, 0.1) is 5.92 Å². The van der Waals surface area contributed by atoms with Gasteiger partial charge in [0.25, 0.3) is 0 Å². The molecule has 3 fully saturated rings. The van der Waals surface area contributed by atoms with Gasteiger partial charge in [0.1, 0.15) is 5.75 Å². The highest BCUT2D eigenvalue weighted by molar-refractivity contribution is 6.42. The van der Waals surface area contributed by atoms with Crippen LogP contribution in [0.15, 0.2) is 36.4 Å². The molecular weight excluding hydrogens is 511 g/mol. The molecule has 3 heterocycles. The van der Waals surface area contributed by atoms with E-state index < -0.39 is 0 Å². The maximum Gasteiger partial charge on any atom is 0.223 e. The summed E-state index contributed by atoms with van der Waals surface area (Å²) in [6.07, 6.45) is 7.38. The van der Waals surface area contributed by atoms with Crippen LogP contribution in [0.5, 0.6) is 5.75 Å². The van der Waals surface area contributed by atoms with E-state index in [0.29, 0.717) is 16.7 Å². The monoisotopic (exact) mass is 542 g/mol. The predicted molar refractivity (Wildman–Crippen MR) is 146 cm³/mol. The minimum atomic E-state index is 0.00158. The molecule has 0 unspecified atom stereocenters. The van der Waals surface area contributed by atoms with E-state index in [1.54, 1.807) is 0 Å². The first kappa shape index (κ1) is 24.8. The summed E-state index contributed by atoms with van der Waals surface area (Å²) < 4.78 is 13.8. The van der Waals surface area contributed by atoms with Crippen molar-refractivity contribution >= 4 is 46.1 Å². The number of piperidine rings is 1. The lowest BCUT2D eigenvalue weighted by Crippen LogP contribution is -2.44. The average molecular weight is 543 g/mol. The van der Waals surface area contributed by atoms with Crippen LogP contribution >= 0.6 is 23.2 Å². The zero-order valence-electron chi connectivity index (χ0n) is 20.8. The fourth-order valence-electron chi connectivity index (χ4n) is 5.73. The number of benzene rings is 2. The van der Waals surface area contributed by atoms with Crippen LogP contribution in [-0.2, 0) is 9.53 Å². The molecule has 1 N–H and O–H groups in total. The minimum Gasteiger partial charge on any atom is -0.490 e. The van der Waals surface area contributed by atoms with Gasteiger partial charge in [-0.15, -0.1) is 0 Å². The van der Waals surface area contributed by atoms with Crippen LogP contribution < -0.4 is 15.0 Å². The SMILES string of the molecule is O=C(N[C@@H]1CCOC1)C1CCN(c2nc3cc(Cl)c(Cl)cc3n2-c2cccc(OC3CCCC3)c2)CC1. The first-order valence-electron chi connectivity index (χ1n) is 13.3. The fourth-order valence-corrected chi connectivity index (χ4v) is 6.05. The number of fused-ring (bicyclic) bond motifs is 1. The number of carbonyl (C=O) groups is 1. The van der Waals surface area contributed by atoms with Crippen molar-refractivity contribution < 1.29 is 14.3 Å². The standard InChI is InChI=1S/C28H32Cl2N4O3/c29-23-15-25-26(16-24(23)30)34(20-4-3-7-22(14-20)37-21-5-1-2-6-21)28(32-25)33-11-8-18(9-12-33)27(35)31-19-10-13-36-17-19/h3-4,7,14-16,18-19,21H,1-2,5-6,8-13,17H2,(H,31,35)/t19-/m1/s1. The Morgan fingerprint density at radius 1 is 1.03 bits per heavy atom.